The van der Waals surface area contributed by atoms with Gasteiger partial charge in [-0.2, -0.15) is 0 Å². The number of rotatable bonds is 9. The van der Waals surface area contributed by atoms with Crippen molar-refractivity contribution in [3.05, 3.63) is 53.8 Å². The standard InChI is InChI=1S/C19H19F3N2O4/c1-2-9-27-12-3-5-13(6-4-12)28-11-17(26)23-10-16(25)24-15-8-7-14(20)18(21)19(15)22/h3-8H,2,9-11H2,1H3,(H,23,26)(H,24,25). The quantitative estimate of drug-likeness (QED) is 0.639. The summed E-state index contributed by atoms with van der Waals surface area (Å²) in [5.41, 5.74) is -0.528. The molecule has 0 aliphatic rings. The highest BCUT2D eigenvalue weighted by Gasteiger charge is 2.15. The maximum atomic E-state index is 13.5. The number of halogens is 3. The molecule has 2 amide bonds. The van der Waals surface area contributed by atoms with Gasteiger partial charge in [0.15, 0.2) is 24.1 Å². The van der Waals surface area contributed by atoms with E-state index in [1.807, 2.05) is 12.2 Å². The summed E-state index contributed by atoms with van der Waals surface area (Å²) in [7, 11) is 0. The predicted octanol–water partition coefficient (Wildman–Crippen LogP) is 3.03. The van der Waals surface area contributed by atoms with Gasteiger partial charge in [0.1, 0.15) is 11.5 Å². The Morgan fingerprint density at radius 3 is 2.18 bits per heavy atom. The van der Waals surface area contributed by atoms with Crippen molar-refractivity contribution in [2.24, 2.45) is 0 Å². The van der Waals surface area contributed by atoms with Gasteiger partial charge in [-0.3, -0.25) is 9.59 Å². The molecule has 9 heteroatoms. The van der Waals surface area contributed by atoms with Gasteiger partial charge in [0.25, 0.3) is 5.91 Å². The summed E-state index contributed by atoms with van der Waals surface area (Å²) in [6.07, 6.45) is 0.884. The molecule has 0 fully saturated rings. The van der Waals surface area contributed by atoms with Crippen LogP contribution in [-0.4, -0.2) is 31.6 Å². The van der Waals surface area contributed by atoms with E-state index in [2.05, 4.69) is 5.32 Å². The molecule has 0 unspecified atom stereocenters. The molecule has 0 bridgehead atoms. The number of hydrogen-bond donors (Lipinski definition) is 2. The van der Waals surface area contributed by atoms with Gasteiger partial charge in [-0.25, -0.2) is 13.2 Å². The Balaban J connectivity index is 1.74. The average Bonchev–Trinajstić information content (AvgIpc) is 2.70. The van der Waals surface area contributed by atoms with Crippen LogP contribution < -0.4 is 20.1 Å². The van der Waals surface area contributed by atoms with E-state index in [9.17, 15) is 22.8 Å². The maximum Gasteiger partial charge on any atom is 0.258 e. The molecule has 0 radical (unpaired) electrons. The van der Waals surface area contributed by atoms with Crippen LogP contribution in [-0.2, 0) is 9.59 Å². The third-order valence-corrected chi connectivity index (χ3v) is 3.42. The zero-order chi connectivity index (χ0) is 20.5. The van der Waals surface area contributed by atoms with Gasteiger partial charge in [0, 0.05) is 0 Å². The second-order valence-electron chi connectivity index (χ2n) is 5.66. The van der Waals surface area contributed by atoms with E-state index in [0.29, 0.717) is 24.2 Å². The number of anilines is 1. The summed E-state index contributed by atoms with van der Waals surface area (Å²) in [6.45, 7) is 1.75. The van der Waals surface area contributed by atoms with Crippen molar-refractivity contribution in [1.82, 2.24) is 5.32 Å². The lowest BCUT2D eigenvalue weighted by Crippen LogP contribution is -2.36. The fourth-order valence-electron chi connectivity index (χ4n) is 2.05. The van der Waals surface area contributed by atoms with Crippen LogP contribution in [0.1, 0.15) is 13.3 Å². The molecule has 0 aliphatic heterocycles. The van der Waals surface area contributed by atoms with E-state index in [1.54, 1.807) is 24.3 Å². The molecule has 0 aliphatic carbocycles. The molecule has 0 heterocycles. The summed E-state index contributed by atoms with van der Waals surface area (Å²) < 4.78 is 50.1. The minimum Gasteiger partial charge on any atom is -0.494 e. The second kappa shape index (κ2) is 10.2. The lowest BCUT2D eigenvalue weighted by atomic mass is 10.2. The fraction of sp³-hybridized carbons (Fsp3) is 0.263. The number of ether oxygens (including phenoxy) is 2. The van der Waals surface area contributed by atoms with Crippen molar-refractivity contribution in [2.75, 3.05) is 25.1 Å². The van der Waals surface area contributed by atoms with Gasteiger partial charge in [-0.05, 0) is 42.8 Å². The molecule has 0 saturated heterocycles. The van der Waals surface area contributed by atoms with Crippen LogP contribution in [0.4, 0.5) is 18.9 Å². The van der Waals surface area contributed by atoms with Gasteiger partial charge in [-0.15, -0.1) is 0 Å². The monoisotopic (exact) mass is 396 g/mol. The smallest absolute Gasteiger partial charge is 0.258 e. The maximum absolute atomic E-state index is 13.5. The van der Waals surface area contributed by atoms with Gasteiger partial charge in [0.2, 0.25) is 5.91 Å². The SMILES string of the molecule is CCCOc1ccc(OCC(=O)NCC(=O)Nc2ccc(F)c(F)c2F)cc1. The minimum atomic E-state index is -1.69. The highest BCUT2D eigenvalue weighted by Crippen LogP contribution is 2.19. The van der Waals surface area contributed by atoms with Crippen molar-refractivity contribution in [2.45, 2.75) is 13.3 Å². The molecular weight excluding hydrogens is 377 g/mol. The predicted molar refractivity (Wildman–Crippen MR) is 95.7 cm³/mol. The van der Waals surface area contributed by atoms with Crippen molar-refractivity contribution >= 4 is 17.5 Å². The zero-order valence-electron chi connectivity index (χ0n) is 15.1. The summed E-state index contributed by atoms with van der Waals surface area (Å²) in [5, 5.41) is 4.31. The molecule has 150 valence electrons. The third-order valence-electron chi connectivity index (χ3n) is 3.42. The molecule has 28 heavy (non-hydrogen) atoms. The molecule has 0 atom stereocenters. The molecule has 2 rings (SSSR count). The van der Waals surface area contributed by atoms with Crippen molar-refractivity contribution in [3.8, 4) is 11.5 Å². The first-order valence-corrected chi connectivity index (χ1v) is 8.46. The molecule has 0 spiro atoms. The molecule has 6 nitrogen and oxygen atoms in total. The molecule has 2 aromatic carbocycles. The Morgan fingerprint density at radius 1 is 0.893 bits per heavy atom. The normalized spacial score (nSPS) is 10.3. The van der Waals surface area contributed by atoms with E-state index in [-0.39, 0.29) is 6.61 Å². The van der Waals surface area contributed by atoms with Gasteiger partial charge < -0.3 is 20.1 Å². The topological polar surface area (TPSA) is 76.7 Å². The molecular formula is C19H19F3N2O4. The van der Waals surface area contributed by atoms with Crippen LogP contribution in [0.3, 0.4) is 0 Å². The summed E-state index contributed by atoms with van der Waals surface area (Å²) in [6, 6.07) is 8.23. The average molecular weight is 396 g/mol. The lowest BCUT2D eigenvalue weighted by Gasteiger charge is -2.10. The van der Waals surface area contributed by atoms with Crippen LogP contribution in [0.15, 0.2) is 36.4 Å². The van der Waals surface area contributed by atoms with Crippen molar-refractivity contribution in [3.63, 3.8) is 0 Å². The number of amides is 2. The van der Waals surface area contributed by atoms with Crippen molar-refractivity contribution in [1.29, 1.82) is 0 Å². The van der Waals surface area contributed by atoms with Crippen LogP contribution in [0.25, 0.3) is 0 Å². The Hall–Kier alpha value is -3.23. The highest BCUT2D eigenvalue weighted by molar-refractivity contribution is 5.94. The van der Waals surface area contributed by atoms with E-state index >= 15 is 0 Å². The first-order chi connectivity index (χ1) is 13.4. The molecule has 0 saturated carbocycles. The van der Waals surface area contributed by atoms with Crippen LogP contribution in [0.2, 0.25) is 0 Å². The number of nitrogens with one attached hydrogen (secondary N) is 2. The number of carbonyl (C=O) groups is 2. The number of benzene rings is 2. The molecule has 0 aromatic heterocycles. The van der Waals surface area contributed by atoms with E-state index in [0.717, 1.165) is 12.5 Å². The van der Waals surface area contributed by atoms with E-state index in [1.165, 1.54) is 0 Å². The zero-order valence-corrected chi connectivity index (χ0v) is 15.1. The Kier molecular flexibility index (Phi) is 7.67. The van der Waals surface area contributed by atoms with Gasteiger partial charge in [0.05, 0.1) is 18.8 Å². The van der Waals surface area contributed by atoms with Crippen LogP contribution in [0, 0.1) is 17.5 Å². The number of carbonyl (C=O) groups excluding carboxylic acids is 2. The summed E-state index contributed by atoms with van der Waals surface area (Å²) in [5.74, 6) is -4.86. The number of hydrogen-bond acceptors (Lipinski definition) is 4. The lowest BCUT2D eigenvalue weighted by molar-refractivity contribution is -0.125. The van der Waals surface area contributed by atoms with Gasteiger partial charge >= 0.3 is 0 Å². The van der Waals surface area contributed by atoms with Gasteiger partial charge in [-0.1, -0.05) is 6.92 Å². The largest absolute Gasteiger partial charge is 0.494 e. The molecule has 2 aromatic rings. The second-order valence-corrected chi connectivity index (χ2v) is 5.66. The first-order valence-electron chi connectivity index (χ1n) is 8.46. The van der Waals surface area contributed by atoms with E-state index in [4.69, 9.17) is 9.47 Å². The summed E-state index contributed by atoms with van der Waals surface area (Å²) >= 11 is 0. The van der Waals surface area contributed by atoms with Crippen LogP contribution in [0.5, 0.6) is 11.5 Å². The molecule has 2 N–H and O–H groups in total. The first kappa shape index (κ1) is 21.1. The fourth-order valence-corrected chi connectivity index (χ4v) is 2.05. The van der Waals surface area contributed by atoms with Crippen molar-refractivity contribution < 1.29 is 32.2 Å². The minimum absolute atomic E-state index is 0.345. The van der Waals surface area contributed by atoms with E-state index < -0.39 is 41.5 Å². The summed E-state index contributed by atoms with van der Waals surface area (Å²) in [4.78, 5) is 23.4. The Morgan fingerprint density at radius 2 is 1.54 bits per heavy atom. The Bertz CT molecular complexity index is 829. The Labute approximate surface area is 159 Å². The highest BCUT2D eigenvalue weighted by atomic mass is 19.2. The van der Waals surface area contributed by atoms with Crippen LogP contribution >= 0.6 is 0 Å². The third kappa shape index (κ3) is 6.19.